The Balaban J connectivity index is 1.49. The van der Waals surface area contributed by atoms with E-state index in [1.807, 2.05) is 72.8 Å². The first-order valence-electron chi connectivity index (χ1n) is 12.3. The summed E-state index contributed by atoms with van der Waals surface area (Å²) in [6, 6.07) is 22.5. The molecule has 40 heavy (non-hydrogen) atoms. The second kappa shape index (κ2) is 14.8. The molecule has 8 heteroatoms. The molecule has 0 atom stereocenters. The topological polar surface area (TPSA) is 108 Å². The summed E-state index contributed by atoms with van der Waals surface area (Å²) in [6.45, 7) is 6.78. The summed E-state index contributed by atoms with van der Waals surface area (Å²) in [6.07, 6.45) is 3.76. The van der Waals surface area contributed by atoms with Crippen molar-refractivity contribution in [2.45, 2.75) is 6.42 Å². The van der Waals surface area contributed by atoms with Crippen molar-refractivity contribution in [3.8, 4) is 22.6 Å². The number of ether oxygens (including phenoxy) is 4. The highest BCUT2D eigenvalue weighted by Gasteiger charge is 2.14. The molecule has 0 amide bonds. The number of hydrogen-bond acceptors (Lipinski definition) is 8. The number of esters is 3. The molecule has 0 aliphatic carbocycles. The highest BCUT2D eigenvalue weighted by molar-refractivity contribution is 5.94. The van der Waals surface area contributed by atoms with Crippen molar-refractivity contribution in [1.29, 1.82) is 0 Å². The predicted molar refractivity (Wildman–Crippen MR) is 151 cm³/mol. The van der Waals surface area contributed by atoms with Gasteiger partial charge in [-0.2, -0.15) is 0 Å². The van der Waals surface area contributed by atoms with Crippen molar-refractivity contribution in [3.05, 3.63) is 108 Å². The maximum atomic E-state index is 12.1. The van der Waals surface area contributed by atoms with Crippen molar-refractivity contribution in [3.63, 3.8) is 0 Å². The lowest BCUT2D eigenvalue weighted by Gasteiger charge is -2.08. The monoisotopic (exact) mass is 542 g/mol. The first-order valence-corrected chi connectivity index (χ1v) is 12.3. The van der Waals surface area contributed by atoms with E-state index in [2.05, 4.69) is 17.9 Å². The zero-order chi connectivity index (χ0) is 28.9. The average Bonchev–Trinajstić information content (AvgIpc) is 2.98. The fraction of sp³-hybridized carbons (Fsp3) is 0.156. The smallest absolute Gasteiger partial charge is 0.339 e. The Hall–Kier alpha value is -4.95. The maximum absolute atomic E-state index is 12.1. The molecule has 0 aromatic heterocycles. The summed E-state index contributed by atoms with van der Waals surface area (Å²) >= 11 is 0. The van der Waals surface area contributed by atoms with Crippen LogP contribution in [0.3, 0.4) is 0 Å². The second-order valence-corrected chi connectivity index (χ2v) is 8.54. The molecule has 8 nitrogen and oxygen atoms in total. The highest BCUT2D eigenvalue weighted by atomic mass is 16.6. The van der Waals surface area contributed by atoms with Crippen LogP contribution in [-0.2, 0) is 23.9 Å². The lowest BCUT2D eigenvalue weighted by Crippen LogP contribution is -2.14. The summed E-state index contributed by atoms with van der Waals surface area (Å²) in [5, 5.41) is 8.85. The van der Waals surface area contributed by atoms with Gasteiger partial charge in [0.25, 0.3) is 0 Å². The molecular weight excluding hydrogens is 512 g/mol. The number of carbonyl (C=O) groups excluding carboxylic acids is 3. The van der Waals surface area contributed by atoms with Crippen LogP contribution in [0.5, 0.6) is 11.5 Å². The van der Waals surface area contributed by atoms with Gasteiger partial charge in [-0.1, -0.05) is 73.8 Å². The zero-order valence-electron chi connectivity index (χ0n) is 22.1. The summed E-state index contributed by atoms with van der Waals surface area (Å²) in [7, 11) is 1.24. The van der Waals surface area contributed by atoms with E-state index in [1.54, 1.807) is 12.1 Å². The number of carbonyl (C=O) groups is 3. The van der Waals surface area contributed by atoms with Gasteiger partial charge >= 0.3 is 17.9 Å². The van der Waals surface area contributed by atoms with Gasteiger partial charge in [-0.15, -0.1) is 0 Å². The fourth-order valence-corrected chi connectivity index (χ4v) is 3.33. The average molecular weight is 543 g/mol. The van der Waals surface area contributed by atoms with Crippen molar-refractivity contribution in [2.24, 2.45) is 0 Å². The number of hydrogen-bond donors (Lipinski definition) is 1. The van der Waals surface area contributed by atoms with Gasteiger partial charge in [0.05, 0.1) is 25.7 Å². The van der Waals surface area contributed by atoms with Gasteiger partial charge < -0.3 is 24.1 Å². The minimum absolute atomic E-state index is 0.00207. The minimum Gasteiger partial charge on any atom is -0.490 e. The molecule has 0 aliphatic heterocycles. The number of methoxy groups -OCH3 is 1. The van der Waals surface area contributed by atoms with Crippen LogP contribution in [0.2, 0.25) is 0 Å². The number of rotatable bonds is 13. The maximum Gasteiger partial charge on any atom is 0.339 e. The van der Waals surface area contributed by atoms with Gasteiger partial charge in [0.1, 0.15) is 24.7 Å². The Morgan fingerprint density at radius 3 is 1.80 bits per heavy atom. The molecule has 0 saturated carbocycles. The second-order valence-electron chi connectivity index (χ2n) is 8.54. The molecule has 3 rings (SSSR count). The summed E-state index contributed by atoms with van der Waals surface area (Å²) in [5.74, 6) is -0.882. The first kappa shape index (κ1) is 29.6. The minimum atomic E-state index is -0.680. The lowest BCUT2D eigenvalue weighted by atomic mass is 10.0. The van der Waals surface area contributed by atoms with Crippen LogP contribution in [0, 0.1) is 0 Å². The summed E-state index contributed by atoms with van der Waals surface area (Å²) in [5.41, 5.74) is 3.98. The molecule has 0 heterocycles. The number of aliphatic hydroxyl groups excluding tert-OH is 1. The Morgan fingerprint density at radius 1 is 0.725 bits per heavy atom. The van der Waals surface area contributed by atoms with Crippen LogP contribution in [-0.4, -0.2) is 49.9 Å². The van der Waals surface area contributed by atoms with E-state index in [4.69, 9.17) is 19.3 Å². The van der Waals surface area contributed by atoms with Crippen LogP contribution in [0.1, 0.15) is 17.5 Å². The van der Waals surface area contributed by atoms with Gasteiger partial charge in [0.2, 0.25) is 0 Å². The highest BCUT2D eigenvalue weighted by Crippen LogP contribution is 2.24. The van der Waals surface area contributed by atoms with E-state index in [1.165, 1.54) is 7.11 Å². The normalized spacial score (nSPS) is 10.6. The van der Waals surface area contributed by atoms with E-state index in [9.17, 15) is 14.4 Å². The molecular formula is C32H30O8. The van der Waals surface area contributed by atoms with E-state index in [0.717, 1.165) is 22.3 Å². The molecule has 0 spiro atoms. The van der Waals surface area contributed by atoms with Crippen LogP contribution in [0.4, 0.5) is 0 Å². The Bertz CT molecular complexity index is 1370. The molecule has 1 N–H and O–H groups in total. The SMILES string of the molecule is C=C(CO)C(=O)OCCOc1ccc(/C=C/c2ccc(-c3ccc(OC(=O)C(=C)CC(=O)OC)cc3)cc2)cc1. The molecule has 0 fully saturated rings. The van der Waals surface area contributed by atoms with Crippen molar-refractivity contribution >= 4 is 30.1 Å². The molecule has 0 radical (unpaired) electrons. The predicted octanol–water partition coefficient (Wildman–Crippen LogP) is 5.02. The van der Waals surface area contributed by atoms with Crippen LogP contribution < -0.4 is 9.47 Å². The van der Waals surface area contributed by atoms with Crippen LogP contribution in [0.25, 0.3) is 23.3 Å². The van der Waals surface area contributed by atoms with E-state index >= 15 is 0 Å². The molecule has 206 valence electrons. The Morgan fingerprint density at radius 2 is 1.25 bits per heavy atom. The largest absolute Gasteiger partial charge is 0.490 e. The standard InChI is InChI=1S/C32H30O8/c1-22(20-30(34)37-3)32(36)40-29-16-12-27(13-17-29)26-10-6-24(7-11-26)4-5-25-8-14-28(15-9-25)38-18-19-39-31(35)23(2)21-33/h4-17,33H,1-2,18-21H2,3H3/b5-4+. The summed E-state index contributed by atoms with van der Waals surface area (Å²) < 4.78 is 20.3. The van der Waals surface area contributed by atoms with E-state index in [0.29, 0.717) is 11.5 Å². The molecule has 0 saturated heterocycles. The third-order valence-corrected chi connectivity index (χ3v) is 5.60. The molecule has 0 bridgehead atoms. The quantitative estimate of drug-likeness (QED) is 0.105. The van der Waals surface area contributed by atoms with Crippen molar-refractivity contribution < 1.29 is 38.4 Å². The molecule has 0 aliphatic rings. The fourth-order valence-electron chi connectivity index (χ4n) is 3.33. The van der Waals surface area contributed by atoms with Gasteiger partial charge in [-0.25, -0.2) is 9.59 Å². The van der Waals surface area contributed by atoms with Crippen molar-refractivity contribution in [1.82, 2.24) is 0 Å². The zero-order valence-corrected chi connectivity index (χ0v) is 22.1. The van der Waals surface area contributed by atoms with Gasteiger partial charge in [0.15, 0.2) is 0 Å². The van der Waals surface area contributed by atoms with Gasteiger partial charge in [-0.3, -0.25) is 4.79 Å². The van der Waals surface area contributed by atoms with E-state index < -0.39 is 24.5 Å². The van der Waals surface area contributed by atoms with E-state index in [-0.39, 0.29) is 30.8 Å². The van der Waals surface area contributed by atoms with Crippen LogP contribution in [0.15, 0.2) is 97.1 Å². The van der Waals surface area contributed by atoms with Crippen LogP contribution >= 0.6 is 0 Å². The third-order valence-electron chi connectivity index (χ3n) is 5.60. The summed E-state index contributed by atoms with van der Waals surface area (Å²) in [4.78, 5) is 34.8. The lowest BCUT2D eigenvalue weighted by molar-refractivity contribution is -0.141. The molecule has 3 aromatic rings. The van der Waals surface area contributed by atoms with Gasteiger partial charge in [0, 0.05) is 5.57 Å². The van der Waals surface area contributed by atoms with Gasteiger partial charge in [-0.05, 0) is 46.5 Å². The third kappa shape index (κ3) is 9.11. The Kier molecular flexibility index (Phi) is 11.0. The Labute approximate surface area is 232 Å². The first-order chi connectivity index (χ1) is 19.3. The number of aliphatic hydroxyl groups is 1. The molecule has 3 aromatic carbocycles. The number of benzene rings is 3. The van der Waals surface area contributed by atoms with Crippen molar-refractivity contribution in [2.75, 3.05) is 26.9 Å². The molecule has 0 unspecified atom stereocenters.